The first-order valence-electron chi connectivity index (χ1n) is 9.27. The van der Waals surface area contributed by atoms with Crippen LogP contribution in [0.5, 0.6) is 5.75 Å². The van der Waals surface area contributed by atoms with Crippen LogP contribution in [0.1, 0.15) is 35.7 Å². The van der Waals surface area contributed by atoms with Crippen LogP contribution in [0.4, 0.5) is 0 Å². The van der Waals surface area contributed by atoms with Crippen molar-refractivity contribution in [3.8, 4) is 5.75 Å². The normalized spacial score (nSPS) is 15.8. The number of nitrogens with zero attached hydrogens (tertiary/aromatic N) is 1. The molecular formula is C21H22ClNO5S. The highest BCUT2D eigenvalue weighted by Crippen LogP contribution is 2.29. The lowest BCUT2D eigenvalue weighted by atomic mass is 9.98. The van der Waals surface area contributed by atoms with Crippen molar-refractivity contribution in [1.82, 2.24) is 4.31 Å². The Morgan fingerprint density at radius 3 is 2.28 bits per heavy atom. The number of carbonyl (C=O) groups excluding carboxylic acids is 2. The highest BCUT2D eigenvalue weighted by atomic mass is 35.5. The van der Waals surface area contributed by atoms with Crippen LogP contribution in [0.25, 0.3) is 0 Å². The topological polar surface area (TPSA) is 80.8 Å². The van der Waals surface area contributed by atoms with Gasteiger partial charge in [0.1, 0.15) is 5.75 Å². The van der Waals surface area contributed by atoms with Crippen molar-refractivity contribution in [2.24, 2.45) is 5.92 Å². The summed E-state index contributed by atoms with van der Waals surface area (Å²) in [4.78, 5) is 24.0. The van der Waals surface area contributed by atoms with Gasteiger partial charge in [0, 0.05) is 18.7 Å². The van der Waals surface area contributed by atoms with Crippen molar-refractivity contribution >= 4 is 33.4 Å². The number of ketones is 1. The number of rotatable bonds is 5. The third kappa shape index (κ3) is 4.86. The third-order valence-corrected chi connectivity index (χ3v) is 7.21. The molecule has 0 spiro atoms. The molecule has 1 fully saturated rings. The molecular weight excluding hydrogens is 414 g/mol. The number of piperidine rings is 1. The van der Waals surface area contributed by atoms with Crippen LogP contribution in [0, 0.1) is 12.8 Å². The van der Waals surface area contributed by atoms with Gasteiger partial charge in [0.2, 0.25) is 10.0 Å². The van der Waals surface area contributed by atoms with E-state index in [0.29, 0.717) is 29.2 Å². The van der Waals surface area contributed by atoms with E-state index in [1.165, 1.54) is 35.5 Å². The predicted octanol–water partition coefficient (Wildman–Crippen LogP) is 3.86. The molecule has 0 unspecified atom stereocenters. The molecule has 1 aliphatic rings. The number of aryl methyl sites for hydroxylation is 1. The Labute approximate surface area is 175 Å². The average Bonchev–Trinajstić information content (AvgIpc) is 2.71. The summed E-state index contributed by atoms with van der Waals surface area (Å²) in [6.07, 6.45) is 0.736. The van der Waals surface area contributed by atoms with Gasteiger partial charge >= 0.3 is 5.97 Å². The Morgan fingerprint density at radius 1 is 1.07 bits per heavy atom. The molecule has 0 bridgehead atoms. The molecule has 1 aliphatic heterocycles. The van der Waals surface area contributed by atoms with Crippen LogP contribution < -0.4 is 4.74 Å². The van der Waals surface area contributed by atoms with Gasteiger partial charge in [-0.1, -0.05) is 29.8 Å². The highest BCUT2D eigenvalue weighted by molar-refractivity contribution is 7.89. The van der Waals surface area contributed by atoms with E-state index < -0.39 is 21.9 Å². The second-order valence-electron chi connectivity index (χ2n) is 7.11. The Morgan fingerprint density at radius 2 is 1.69 bits per heavy atom. The van der Waals surface area contributed by atoms with Gasteiger partial charge in [0.15, 0.2) is 5.78 Å². The molecule has 0 atom stereocenters. The van der Waals surface area contributed by atoms with E-state index in [-0.39, 0.29) is 23.8 Å². The van der Waals surface area contributed by atoms with Gasteiger partial charge in [-0.3, -0.25) is 9.59 Å². The van der Waals surface area contributed by atoms with Crippen LogP contribution >= 0.6 is 11.6 Å². The minimum Gasteiger partial charge on any atom is -0.425 e. The van der Waals surface area contributed by atoms with E-state index >= 15 is 0 Å². The smallest absolute Gasteiger partial charge is 0.314 e. The van der Waals surface area contributed by atoms with Crippen LogP contribution in [0.15, 0.2) is 47.4 Å². The van der Waals surface area contributed by atoms with Gasteiger partial charge in [0.25, 0.3) is 0 Å². The standard InChI is InChI=1S/C21H22ClNO5S/c1-14-3-8-19(22)20(13-14)28-21(25)17-9-11-23(12-10-17)29(26,27)18-6-4-16(5-7-18)15(2)24/h3-8,13,17H,9-12H2,1-2H3. The minimum absolute atomic E-state index is 0.123. The predicted molar refractivity (Wildman–Crippen MR) is 110 cm³/mol. The monoisotopic (exact) mass is 435 g/mol. The fourth-order valence-corrected chi connectivity index (χ4v) is 4.85. The molecule has 0 amide bonds. The number of sulfonamides is 1. The number of esters is 1. The second kappa shape index (κ2) is 8.65. The maximum Gasteiger partial charge on any atom is 0.314 e. The fourth-order valence-electron chi connectivity index (χ4n) is 3.22. The van der Waals surface area contributed by atoms with Gasteiger partial charge in [-0.25, -0.2) is 8.42 Å². The summed E-state index contributed by atoms with van der Waals surface area (Å²) in [5.74, 6) is -0.599. The number of carbonyl (C=O) groups is 2. The van der Waals surface area contributed by atoms with Crippen molar-refractivity contribution < 1.29 is 22.7 Å². The van der Waals surface area contributed by atoms with Crippen molar-refractivity contribution in [2.45, 2.75) is 31.6 Å². The first-order chi connectivity index (χ1) is 13.7. The van der Waals surface area contributed by atoms with Crippen molar-refractivity contribution in [3.05, 3.63) is 58.6 Å². The average molecular weight is 436 g/mol. The first-order valence-corrected chi connectivity index (χ1v) is 11.1. The summed E-state index contributed by atoms with van der Waals surface area (Å²) in [6.45, 7) is 3.74. The number of hydrogen-bond acceptors (Lipinski definition) is 5. The summed E-state index contributed by atoms with van der Waals surface area (Å²) in [6, 6.07) is 11.1. The summed E-state index contributed by atoms with van der Waals surface area (Å²) < 4.78 is 32.4. The van der Waals surface area contributed by atoms with E-state index in [4.69, 9.17) is 16.3 Å². The molecule has 6 nitrogen and oxygen atoms in total. The molecule has 0 radical (unpaired) electrons. The zero-order valence-electron chi connectivity index (χ0n) is 16.2. The molecule has 0 aliphatic carbocycles. The SMILES string of the molecule is CC(=O)c1ccc(S(=O)(=O)N2CCC(C(=O)Oc3cc(C)ccc3Cl)CC2)cc1. The van der Waals surface area contributed by atoms with E-state index in [1.807, 2.05) is 13.0 Å². The van der Waals surface area contributed by atoms with Gasteiger partial charge < -0.3 is 4.74 Å². The Balaban J connectivity index is 1.64. The molecule has 0 saturated carbocycles. The molecule has 29 heavy (non-hydrogen) atoms. The Bertz CT molecular complexity index is 1030. The highest BCUT2D eigenvalue weighted by Gasteiger charge is 2.33. The zero-order chi connectivity index (χ0) is 21.2. The maximum absolute atomic E-state index is 12.8. The minimum atomic E-state index is -3.68. The van der Waals surface area contributed by atoms with E-state index in [1.54, 1.807) is 12.1 Å². The molecule has 1 saturated heterocycles. The molecule has 1 heterocycles. The number of benzene rings is 2. The number of halogens is 1. The molecule has 3 rings (SSSR count). The first kappa shape index (κ1) is 21.5. The third-order valence-electron chi connectivity index (χ3n) is 4.98. The summed E-state index contributed by atoms with van der Waals surface area (Å²) in [7, 11) is -3.68. The molecule has 2 aromatic rings. The van der Waals surface area contributed by atoms with E-state index in [9.17, 15) is 18.0 Å². The summed E-state index contributed by atoms with van der Waals surface area (Å²) >= 11 is 6.07. The van der Waals surface area contributed by atoms with Gasteiger partial charge in [0.05, 0.1) is 15.8 Å². The van der Waals surface area contributed by atoms with Gasteiger partial charge in [-0.15, -0.1) is 0 Å². The van der Waals surface area contributed by atoms with Crippen LogP contribution in [-0.4, -0.2) is 37.6 Å². The number of Topliss-reactive ketones (excluding diaryl/α,β-unsaturated/α-hetero) is 1. The molecule has 0 aromatic heterocycles. The van der Waals surface area contributed by atoms with E-state index in [0.717, 1.165) is 5.56 Å². The fraction of sp³-hybridized carbons (Fsp3) is 0.333. The van der Waals surface area contributed by atoms with Crippen molar-refractivity contribution in [2.75, 3.05) is 13.1 Å². The molecule has 154 valence electrons. The van der Waals surface area contributed by atoms with Gasteiger partial charge in [-0.2, -0.15) is 4.31 Å². The lowest BCUT2D eigenvalue weighted by molar-refractivity contribution is -0.140. The quantitative estimate of drug-likeness (QED) is 0.404. The lowest BCUT2D eigenvalue weighted by Crippen LogP contribution is -2.41. The van der Waals surface area contributed by atoms with Crippen molar-refractivity contribution in [1.29, 1.82) is 0 Å². The lowest BCUT2D eigenvalue weighted by Gasteiger charge is -2.30. The van der Waals surface area contributed by atoms with Crippen molar-refractivity contribution in [3.63, 3.8) is 0 Å². The van der Waals surface area contributed by atoms with E-state index in [2.05, 4.69) is 0 Å². The summed E-state index contributed by atoms with van der Waals surface area (Å²) in [5, 5.41) is 0.359. The summed E-state index contributed by atoms with van der Waals surface area (Å²) in [5.41, 5.74) is 1.38. The second-order valence-corrected chi connectivity index (χ2v) is 9.46. The largest absolute Gasteiger partial charge is 0.425 e. The maximum atomic E-state index is 12.8. The Kier molecular flexibility index (Phi) is 6.41. The zero-order valence-corrected chi connectivity index (χ0v) is 17.8. The van der Waals surface area contributed by atoms with Gasteiger partial charge in [-0.05, 0) is 56.5 Å². The Hall–Kier alpha value is -2.22. The number of hydrogen-bond donors (Lipinski definition) is 0. The molecule has 8 heteroatoms. The number of ether oxygens (including phenoxy) is 1. The van der Waals surface area contributed by atoms with Crippen LogP contribution in [-0.2, 0) is 14.8 Å². The van der Waals surface area contributed by atoms with Crippen LogP contribution in [0.3, 0.4) is 0 Å². The molecule has 2 aromatic carbocycles. The van der Waals surface area contributed by atoms with Crippen LogP contribution in [0.2, 0.25) is 5.02 Å². The molecule has 0 N–H and O–H groups in total.